The minimum absolute atomic E-state index is 0.00172. The van der Waals surface area contributed by atoms with Crippen molar-refractivity contribution in [2.75, 3.05) is 26.2 Å². The van der Waals surface area contributed by atoms with Crippen LogP contribution in [0.15, 0.2) is 0 Å². The van der Waals surface area contributed by atoms with Crippen molar-refractivity contribution in [1.82, 2.24) is 15.1 Å². The van der Waals surface area contributed by atoms with E-state index >= 15 is 0 Å². The topological polar surface area (TPSA) is 52.7 Å². The van der Waals surface area contributed by atoms with Crippen LogP contribution in [-0.4, -0.2) is 59.9 Å². The first-order valence-corrected chi connectivity index (χ1v) is 8.06. The van der Waals surface area contributed by atoms with Gasteiger partial charge < -0.3 is 15.1 Å². The Morgan fingerprint density at radius 3 is 2.55 bits per heavy atom. The van der Waals surface area contributed by atoms with Gasteiger partial charge in [0.2, 0.25) is 11.8 Å². The van der Waals surface area contributed by atoms with Gasteiger partial charge in [-0.05, 0) is 38.5 Å². The van der Waals surface area contributed by atoms with E-state index in [1.165, 1.54) is 12.8 Å². The molecule has 1 atom stereocenters. The molecule has 5 heteroatoms. The summed E-state index contributed by atoms with van der Waals surface area (Å²) in [5.41, 5.74) is 0. The monoisotopic (exact) mass is 279 g/mol. The lowest BCUT2D eigenvalue weighted by Gasteiger charge is -2.33. The lowest BCUT2D eigenvalue weighted by Crippen LogP contribution is -2.51. The number of rotatable bonds is 5. The fraction of sp³-hybridized carbons (Fsp3) is 0.867. The second-order valence-electron chi connectivity index (χ2n) is 6.30. The van der Waals surface area contributed by atoms with E-state index in [1.807, 2.05) is 9.80 Å². The Morgan fingerprint density at radius 1 is 1.10 bits per heavy atom. The minimum Gasteiger partial charge on any atom is -0.343 e. The maximum Gasteiger partial charge on any atom is 0.239 e. The smallest absolute Gasteiger partial charge is 0.239 e. The summed E-state index contributed by atoms with van der Waals surface area (Å²) in [4.78, 5) is 28.2. The minimum atomic E-state index is -0.00172. The SMILES string of the molecule is O=C(CCN1CCCC(NC2CC2)C1=O)N1CCCC1. The number of hydrogen-bond donors (Lipinski definition) is 1. The molecule has 3 aliphatic rings. The average Bonchev–Trinajstić information content (AvgIpc) is 3.09. The standard InChI is InChI=1S/C15H25N3O2/c19-14(17-8-1-2-9-17)7-11-18-10-3-4-13(15(18)20)16-12-5-6-12/h12-13,16H,1-11H2. The zero-order chi connectivity index (χ0) is 13.9. The first-order valence-electron chi connectivity index (χ1n) is 8.06. The molecule has 0 bridgehead atoms. The van der Waals surface area contributed by atoms with Gasteiger partial charge in [-0.2, -0.15) is 0 Å². The zero-order valence-electron chi connectivity index (χ0n) is 12.1. The summed E-state index contributed by atoms with van der Waals surface area (Å²) in [6.45, 7) is 3.21. The first-order chi connectivity index (χ1) is 9.74. The molecule has 0 aromatic carbocycles. The van der Waals surface area contributed by atoms with Crippen molar-refractivity contribution < 1.29 is 9.59 Å². The van der Waals surface area contributed by atoms with Gasteiger partial charge in [0.25, 0.3) is 0 Å². The molecule has 3 rings (SSSR count). The van der Waals surface area contributed by atoms with Gasteiger partial charge in [0.1, 0.15) is 0 Å². The highest BCUT2D eigenvalue weighted by Crippen LogP contribution is 2.22. The highest BCUT2D eigenvalue weighted by molar-refractivity contribution is 5.83. The molecule has 112 valence electrons. The van der Waals surface area contributed by atoms with Gasteiger partial charge in [-0.25, -0.2) is 0 Å². The Balaban J connectivity index is 1.45. The van der Waals surface area contributed by atoms with Crippen LogP contribution in [0.5, 0.6) is 0 Å². The molecule has 1 unspecified atom stereocenters. The van der Waals surface area contributed by atoms with Gasteiger partial charge in [0, 0.05) is 38.6 Å². The van der Waals surface area contributed by atoms with Crippen LogP contribution in [-0.2, 0) is 9.59 Å². The number of hydrogen-bond acceptors (Lipinski definition) is 3. The molecular formula is C15H25N3O2. The summed E-state index contributed by atoms with van der Waals surface area (Å²) >= 11 is 0. The Labute approximate surface area is 120 Å². The lowest BCUT2D eigenvalue weighted by molar-refractivity contribution is -0.137. The molecule has 3 fully saturated rings. The van der Waals surface area contributed by atoms with Crippen LogP contribution in [0.4, 0.5) is 0 Å². The predicted molar refractivity (Wildman–Crippen MR) is 76.2 cm³/mol. The van der Waals surface area contributed by atoms with Crippen molar-refractivity contribution in [3.8, 4) is 0 Å². The molecule has 20 heavy (non-hydrogen) atoms. The summed E-state index contributed by atoms with van der Waals surface area (Å²) in [5.74, 6) is 0.421. The second-order valence-corrected chi connectivity index (χ2v) is 6.30. The van der Waals surface area contributed by atoms with Gasteiger partial charge in [0.05, 0.1) is 6.04 Å². The van der Waals surface area contributed by atoms with Crippen molar-refractivity contribution in [1.29, 1.82) is 0 Å². The van der Waals surface area contributed by atoms with Crippen LogP contribution in [0.1, 0.15) is 44.9 Å². The molecule has 1 aliphatic carbocycles. The lowest BCUT2D eigenvalue weighted by atomic mass is 10.0. The number of nitrogens with one attached hydrogen (secondary N) is 1. The van der Waals surface area contributed by atoms with E-state index in [4.69, 9.17) is 0 Å². The van der Waals surface area contributed by atoms with Gasteiger partial charge in [-0.15, -0.1) is 0 Å². The summed E-state index contributed by atoms with van der Waals surface area (Å²) in [6.07, 6.45) is 7.15. The van der Waals surface area contributed by atoms with Gasteiger partial charge >= 0.3 is 0 Å². The molecule has 0 aromatic heterocycles. The number of nitrogens with zero attached hydrogens (tertiary/aromatic N) is 2. The summed E-state index contributed by atoms with van der Waals surface area (Å²) in [6, 6.07) is 0.563. The summed E-state index contributed by atoms with van der Waals surface area (Å²) in [7, 11) is 0. The van der Waals surface area contributed by atoms with Crippen LogP contribution in [0.25, 0.3) is 0 Å². The fourth-order valence-electron chi connectivity index (χ4n) is 3.21. The quantitative estimate of drug-likeness (QED) is 0.807. The van der Waals surface area contributed by atoms with E-state index in [2.05, 4.69) is 5.32 Å². The first kappa shape index (κ1) is 13.9. The number of carbonyl (C=O) groups is 2. The molecule has 5 nitrogen and oxygen atoms in total. The molecule has 2 saturated heterocycles. The van der Waals surface area contributed by atoms with Gasteiger partial charge in [-0.3, -0.25) is 9.59 Å². The maximum absolute atomic E-state index is 12.4. The molecule has 0 spiro atoms. The van der Waals surface area contributed by atoms with Crippen molar-refractivity contribution in [2.45, 2.75) is 57.0 Å². The molecule has 0 aromatic rings. The van der Waals surface area contributed by atoms with Crippen molar-refractivity contribution in [3.05, 3.63) is 0 Å². The number of carbonyl (C=O) groups excluding carboxylic acids is 2. The van der Waals surface area contributed by atoms with Crippen LogP contribution < -0.4 is 5.32 Å². The van der Waals surface area contributed by atoms with E-state index in [9.17, 15) is 9.59 Å². The highest BCUT2D eigenvalue weighted by atomic mass is 16.2. The fourth-order valence-corrected chi connectivity index (χ4v) is 3.21. The third kappa shape index (κ3) is 3.32. The predicted octanol–water partition coefficient (Wildman–Crippen LogP) is 0.742. The van der Waals surface area contributed by atoms with Crippen LogP contribution in [0, 0.1) is 0 Å². The van der Waals surface area contributed by atoms with Crippen LogP contribution in [0.2, 0.25) is 0 Å². The molecule has 1 N–H and O–H groups in total. The molecule has 1 saturated carbocycles. The van der Waals surface area contributed by atoms with Crippen LogP contribution >= 0.6 is 0 Å². The number of amides is 2. The second kappa shape index (κ2) is 6.12. The number of piperidine rings is 1. The summed E-state index contributed by atoms with van der Waals surface area (Å²) < 4.78 is 0. The normalized spacial score (nSPS) is 27.2. The molecule has 2 heterocycles. The van der Waals surface area contributed by atoms with Gasteiger partial charge in [0.15, 0.2) is 0 Å². The van der Waals surface area contributed by atoms with Crippen molar-refractivity contribution in [2.24, 2.45) is 0 Å². The Morgan fingerprint density at radius 2 is 1.85 bits per heavy atom. The molecule has 2 aliphatic heterocycles. The van der Waals surface area contributed by atoms with Crippen molar-refractivity contribution in [3.63, 3.8) is 0 Å². The third-order valence-corrected chi connectivity index (χ3v) is 4.60. The Bertz CT molecular complexity index is 375. The highest BCUT2D eigenvalue weighted by Gasteiger charge is 2.33. The average molecular weight is 279 g/mol. The summed E-state index contributed by atoms with van der Waals surface area (Å²) in [5, 5.41) is 3.43. The zero-order valence-corrected chi connectivity index (χ0v) is 12.1. The Kier molecular flexibility index (Phi) is 4.24. The molecule has 2 amide bonds. The van der Waals surface area contributed by atoms with Crippen molar-refractivity contribution >= 4 is 11.8 Å². The number of likely N-dealkylation sites (tertiary alicyclic amines) is 2. The molecular weight excluding hydrogens is 254 g/mol. The van der Waals surface area contributed by atoms with E-state index in [0.29, 0.717) is 19.0 Å². The van der Waals surface area contributed by atoms with E-state index < -0.39 is 0 Å². The van der Waals surface area contributed by atoms with Gasteiger partial charge in [-0.1, -0.05) is 0 Å². The maximum atomic E-state index is 12.4. The third-order valence-electron chi connectivity index (χ3n) is 4.60. The van der Waals surface area contributed by atoms with E-state index in [0.717, 1.165) is 45.3 Å². The molecule has 0 radical (unpaired) electrons. The van der Waals surface area contributed by atoms with E-state index in [-0.39, 0.29) is 17.9 Å². The van der Waals surface area contributed by atoms with E-state index in [1.54, 1.807) is 0 Å². The largest absolute Gasteiger partial charge is 0.343 e. The Hall–Kier alpha value is -1.10. The van der Waals surface area contributed by atoms with Crippen LogP contribution in [0.3, 0.4) is 0 Å².